The predicted octanol–water partition coefficient (Wildman–Crippen LogP) is 8.70. The molecule has 1 N–H and O–H groups in total. The van der Waals surface area contributed by atoms with Crippen molar-refractivity contribution in [3.63, 3.8) is 0 Å². The van der Waals surface area contributed by atoms with E-state index in [4.69, 9.17) is 4.74 Å². The van der Waals surface area contributed by atoms with Gasteiger partial charge in [-0.25, -0.2) is 0 Å². The topological polar surface area (TPSA) is 46.5 Å². The SMILES string of the molecule is C=C1/C(=C\C/C=C2\CCCC3(C)C2CCC3C2(C/C=C/C(O)(C(F)(F)F)C(F)(F)F)CC2)CCCC1OC(C)=O. The summed E-state index contributed by atoms with van der Waals surface area (Å²) < 4.78 is 84.1. The lowest BCUT2D eigenvalue weighted by atomic mass is 9.59. The van der Waals surface area contributed by atoms with Crippen LogP contribution in [0.4, 0.5) is 26.3 Å². The summed E-state index contributed by atoms with van der Waals surface area (Å²) in [4.78, 5) is 11.4. The highest BCUT2D eigenvalue weighted by molar-refractivity contribution is 5.66. The summed E-state index contributed by atoms with van der Waals surface area (Å²) in [5.74, 6) is 0.244. The molecule has 4 rings (SSSR count). The van der Waals surface area contributed by atoms with Crippen LogP contribution in [0.15, 0.2) is 47.6 Å². The van der Waals surface area contributed by atoms with Crippen LogP contribution in [0.2, 0.25) is 0 Å². The normalized spacial score (nSPS) is 33.0. The smallest absolute Gasteiger partial charge is 0.429 e. The summed E-state index contributed by atoms with van der Waals surface area (Å²) in [6.07, 6.45) is 3.17. The molecule has 4 unspecified atom stereocenters. The molecule has 4 atom stereocenters. The second kappa shape index (κ2) is 11.0. The quantitative estimate of drug-likeness (QED) is 0.188. The fourth-order valence-corrected chi connectivity index (χ4v) is 7.90. The molecule has 0 aromatic carbocycles. The molecule has 9 heteroatoms. The van der Waals surface area contributed by atoms with Gasteiger partial charge in [0.25, 0.3) is 5.60 Å². The van der Waals surface area contributed by atoms with E-state index in [-0.39, 0.29) is 41.3 Å². The lowest BCUT2D eigenvalue weighted by Crippen LogP contribution is -2.55. The van der Waals surface area contributed by atoms with Crippen LogP contribution in [0.5, 0.6) is 0 Å². The van der Waals surface area contributed by atoms with Crippen molar-refractivity contribution < 1.29 is 41.0 Å². The number of carbonyl (C=O) groups excluding carboxylic acids is 1. The minimum Gasteiger partial charge on any atom is -0.458 e. The number of halogens is 6. The zero-order valence-electron chi connectivity index (χ0n) is 23.3. The first kappa shape index (κ1) is 30.9. The highest BCUT2D eigenvalue weighted by Crippen LogP contribution is 2.70. The van der Waals surface area contributed by atoms with Gasteiger partial charge in [-0.15, -0.1) is 0 Å². The Labute approximate surface area is 232 Å². The zero-order chi connectivity index (χ0) is 29.6. The maximum Gasteiger partial charge on any atom is 0.429 e. The van der Waals surface area contributed by atoms with E-state index in [9.17, 15) is 36.2 Å². The van der Waals surface area contributed by atoms with Crippen molar-refractivity contribution in [1.82, 2.24) is 0 Å². The number of hydrogen-bond acceptors (Lipinski definition) is 3. The van der Waals surface area contributed by atoms with Crippen molar-refractivity contribution in [2.45, 2.75) is 115 Å². The molecule has 4 fully saturated rings. The van der Waals surface area contributed by atoms with Crippen molar-refractivity contribution in [3.05, 3.63) is 47.6 Å². The Morgan fingerprint density at radius 2 is 1.70 bits per heavy atom. The number of ether oxygens (including phenoxy) is 1. The molecule has 0 bridgehead atoms. The molecule has 0 aliphatic heterocycles. The van der Waals surface area contributed by atoms with Crippen LogP contribution in [0, 0.1) is 22.7 Å². The van der Waals surface area contributed by atoms with Crippen LogP contribution in [0.3, 0.4) is 0 Å². The van der Waals surface area contributed by atoms with E-state index in [1.54, 1.807) is 0 Å². The third-order valence-electron chi connectivity index (χ3n) is 10.1. The molecule has 0 radical (unpaired) electrons. The van der Waals surface area contributed by atoms with E-state index in [0.717, 1.165) is 87.9 Å². The lowest BCUT2D eigenvalue weighted by molar-refractivity contribution is -0.347. The van der Waals surface area contributed by atoms with Crippen LogP contribution in [0.25, 0.3) is 0 Å². The summed E-state index contributed by atoms with van der Waals surface area (Å²) in [7, 11) is 0. The number of hydrogen-bond donors (Lipinski definition) is 1. The molecule has 4 aliphatic rings. The molecule has 40 heavy (non-hydrogen) atoms. The number of esters is 1. The number of aliphatic hydroxyl groups is 1. The van der Waals surface area contributed by atoms with Crippen molar-refractivity contribution in [2.24, 2.45) is 22.7 Å². The first-order valence-electron chi connectivity index (χ1n) is 14.3. The first-order valence-corrected chi connectivity index (χ1v) is 14.3. The van der Waals surface area contributed by atoms with Gasteiger partial charge < -0.3 is 9.84 Å². The average Bonchev–Trinajstić information content (AvgIpc) is 3.52. The zero-order valence-corrected chi connectivity index (χ0v) is 23.3. The molecule has 4 saturated carbocycles. The molecule has 0 amide bonds. The van der Waals surface area contributed by atoms with Gasteiger partial charge in [-0.3, -0.25) is 4.79 Å². The first-order chi connectivity index (χ1) is 18.5. The van der Waals surface area contributed by atoms with Gasteiger partial charge in [0.15, 0.2) is 0 Å². The van der Waals surface area contributed by atoms with Gasteiger partial charge in [-0.2, -0.15) is 26.3 Å². The maximum atomic E-state index is 13.1. The summed E-state index contributed by atoms with van der Waals surface area (Å²) in [6.45, 7) is 7.81. The molecule has 0 aromatic heterocycles. The third kappa shape index (κ3) is 5.82. The fraction of sp³-hybridized carbons (Fsp3) is 0.710. The van der Waals surface area contributed by atoms with Gasteiger partial charge >= 0.3 is 18.3 Å². The Bertz CT molecular complexity index is 1060. The minimum absolute atomic E-state index is 0.0548. The Morgan fingerprint density at radius 3 is 2.30 bits per heavy atom. The Hall–Kier alpha value is -2.03. The molecule has 0 aromatic rings. The van der Waals surface area contributed by atoms with Crippen LogP contribution in [0.1, 0.15) is 90.9 Å². The number of rotatable bonds is 7. The Kier molecular flexibility index (Phi) is 8.50. The standard InChI is InChI=1S/C31H40F6O3/c1-20-22(9-5-12-25(20)40-21(2)38)8-4-10-23-11-6-15-27(3)24(23)13-14-26(27)28(18-19-28)16-7-17-29(39,30(32,33)34)31(35,36)37/h7-8,10,17,24-26,39H,1,4-6,9,11-16,18-19H2,2-3H3/b17-7+,22-8-,23-10+. The summed E-state index contributed by atoms with van der Waals surface area (Å²) in [6, 6.07) is 0. The van der Waals surface area contributed by atoms with Crippen molar-refractivity contribution in [2.75, 3.05) is 0 Å². The summed E-state index contributed by atoms with van der Waals surface area (Å²) >= 11 is 0. The van der Waals surface area contributed by atoms with Crippen LogP contribution < -0.4 is 0 Å². The second-order valence-corrected chi connectivity index (χ2v) is 12.5. The summed E-state index contributed by atoms with van der Waals surface area (Å²) in [5.41, 5.74) is -1.83. The largest absolute Gasteiger partial charge is 0.458 e. The van der Waals surface area contributed by atoms with E-state index in [1.807, 2.05) is 0 Å². The fourth-order valence-electron chi connectivity index (χ4n) is 7.90. The van der Waals surface area contributed by atoms with Gasteiger partial charge in [0.1, 0.15) is 6.10 Å². The monoisotopic (exact) mass is 574 g/mol. The van der Waals surface area contributed by atoms with Crippen LogP contribution in [-0.2, 0) is 9.53 Å². The molecule has 4 aliphatic carbocycles. The van der Waals surface area contributed by atoms with Gasteiger partial charge in [0, 0.05) is 6.92 Å². The Morgan fingerprint density at radius 1 is 1.02 bits per heavy atom. The van der Waals surface area contributed by atoms with E-state index < -0.39 is 18.0 Å². The summed E-state index contributed by atoms with van der Waals surface area (Å²) in [5, 5.41) is 9.51. The van der Waals surface area contributed by atoms with Crippen molar-refractivity contribution >= 4 is 5.97 Å². The molecule has 224 valence electrons. The van der Waals surface area contributed by atoms with Gasteiger partial charge in [-0.1, -0.05) is 37.3 Å². The minimum atomic E-state index is -5.84. The average molecular weight is 575 g/mol. The van der Waals surface area contributed by atoms with Gasteiger partial charge in [0.05, 0.1) is 0 Å². The van der Waals surface area contributed by atoms with Crippen LogP contribution >= 0.6 is 0 Å². The van der Waals surface area contributed by atoms with Gasteiger partial charge in [0.2, 0.25) is 0 Å². The van der Waals surface area contributed by atoms with Crippen molar-refractivity contribution in [1.29, 1.82) is 0 Å². The molecular formula is C31H40F6O3. The molecular weight excluding hydrogens is 534 g/mol. The van der Waals surface area contributed by atoms with E-state index in [1.165, 1.54) is 12.5 Å². The van der Waals surface area contributed by atoms with Crippen molar-refractivity contribution in [3.8, 4) is 0 Å². The van der Waals surface area contributed by atoms with Gasteiger partial charge in [-0.05, 0) is 117 Å². The number of allylic oxidation sites excluding steroid dienone is 4. The second-order valence-electron chi connectivity index (χ2n) is 12.5. The number of fused-ring (bicyclic) bond motifs is 1. The molecule has 3 nitrogen and oxygen atoms in total. The molecule has 0 heterocycles. The maximum absolute atomic E-state index is 13.1. The molecule has 0 spiro atoms. The lowest BCUT2D eigenvalue weighted by Gasteiger charge is -2.45. The van der Waals surface area contributed by atoms with E-state index >= 15 is 0 Å². The van der Waals surface area contributed by atoms with E-state index in [2.05, 4.69) is 25.7 Å². The highest BCUT2D eigenvalue weighted by atomic mass is 19.4. The third-order valence-corrected chi connectivity index (χ3v) is 10.1. The molecule has 0 saturated heterocycles. The highest BCUT2D eigenvalue weighted by Gasteiger charge is 2.69. The van der Waals surface area contributed by atoms with Crippen LogP contribution in [-0.4, -0.2) is 35.1 Å². The predicted molar refractivity (Wildman–Crippen MR) is 140 cm³/mol. The number of alkyl halides is 6. The van der Waals surface area contributed by atoms with E-state index in [0.29, 0.717) is 5.92 Å². The Balaban J connectivity index is 1.45. The number of carbonyl (C=O) groups is 1.